The van der Waals surface area contributed by atoms with E-state index in [1.54, 1.807) is 0 Å². The van der Waals surface area contributed by atoms with Gasteiger partial charge in [0.25, 0.3) is 0 Å². The largest absolute Gasteiger partial charge is 0.372 e. The Morgan fingerprint density at radius 1 is 1.19 bits per heavy atom. The van der Waals surface area contributed by atoms with E-state index in [4.69, 9.17) is 0 Å². The van der Waals surface area contributed by atoms with Crippen molar-refractivity contribution in [2.45, 2.75) is 44.7 Å². The van der Waals surface area contributed by atoms with E-state index in [0.29, 0.717) is 12.6 Å². The molecule has 0 atom stereocenters. The van der Waals surface area contributed by atoms with Crippen LogP contribution in [0.4, 0.5) is 10.5 Å². The highest BCUT2D eigenvalue weighted by molar-refractivity contribution is 6.03. The van der Waals surface area contributed by atoms with Crippen LogP contribution in [0.25, 0.3) is 0 Å². The standard InChI is InChI=1S/C19H26N4O3/c1-22(15-5-3-2-4-6-15)16-9-7-14(8-10-16)11-20-17(24)12-23-13-18(25)21-19(23)26/h7-10,15H,2-6,11-13H2,1H3,(H,20,24)(H,21,25,26). The van der Waals surface area contributed by atoms with Gasteiger partial charge < -0.3 is 15.1 Å². The first-order valence-corrected chi connectivity index (χ1v) is 9.20. The average Bonchev–Trinajstić information content (AvgIpc) is 2.97. The first kappa shape index (κ1) is 18.2. The molecule has 2 fully saturated rings. The molecule has 7 nitrogen and oxygen atoms in total. The van der Waals surface area contributed by atoms with Crippen molar-refractivity contribution in [3.8, 4) is 0 Å². The van der Waals surface area contributed by atoms with Crippen LogP contribution in [0.3, 0.4) is 0 Å². The summed E-state index contributed by atoms with van der Waals surface area (Å²) in [7, 11) is 2.15. The zero-order valence-corrected chi connectivity index (χ0v) is 15.2. The van der Waals surface area contributed by atoms with Crippen molar-refractivity contribution in [2.75, 3.05) is 25.0 Å². The maximum absolute atomic E-state index is 12.0. The Balaban J connectivity index is 1.47. The van der Waals surface area contributed by atoms with Crippen LogP contribution < -0.4 is 15.5 Å². The first-order chi connectivity index (χ1) is 12.5. The van der Waals surface area contributed by atoms with E-state index in [-0.39, 0.29) is 24.9 Å². The number of rotatable bonds is 6. The van der Waals surface area contributed by atoms with Gasteiger partial charge in [0.2, 0.25) is 11.8 Å². The number of hydrogen-bond donors (Lipinski definition) is 2. The van der Waals surface area contributed by atoms with Crippen molar-refractivity contribution in [2.24, 2.45) is 0 Å². The number of benzene rings is 1. The van der Waals surface area contributed by atoms with E-state index >= 15 is 0 Å². The number of carbonyl (C=O) groups excluding carboxylic acids is 3. The molecule has 1 saturated carbocycles. The molecule has 0 radical (unpaired) electrons. The molecule has 1 aromatic carbocycles. The predicted octanol–water partition coefficient (Wildman–Crippen LogP) is 1.62. The van der Waals surface area contributed by atoms with E-state index in [0.717, 1.165) is 5.56 Å². The molecule has 3 rings (SSSR count). The van der Waals surface area contributed by atoms with Gasteiger partial charge in [-0.2, -0.15) is 0 Å². The highest BCUT2D eigenvalue weighted by atomic mass is 16.2. The number of nitrogens with zero attached hydrogens (tertiary/aromatic N) is 2. The zero-order valence-electron chi connectivity index (χ0n) is 15.2. The lowest BCUT2D eigenvalue weighted by atomic mass is 9.94. The third kappa shape index (κ3) is 4.53. The summed E-state index contributed by atoms with van der Waals surface area (Å²) in [5.74, 6) is -0.654. The van der Waals surface area contributed by atoms with Crippen LogP contribution in [0.5, 0.6) is 0 Å². The molecular weight excluding hydrogens is 332 g/mol. The number of amides is 4. The van der Waals surface area contributed by atoms with Crippen LogP contribution in [0.2, 0.25) is 0 Å². The Kier molecular flexibility index (Phi) is 5.75. The molecule has 1 aliphatic carbocycles. The highest BCUT2D eigenvalue weighted by Crippen LogP contribution is 2.26. The van der Waals surface area contributed by atoms with Crippen LogP contribution >= 0.6 is 0 Å². The summed E-state index contributed by atoms with van der Waals surface area (Å²) in [4.78, 5) is 38.1. The molecule has 0 aromatic heterocycles. The molecule has 26 heavy (non-hydrogen) atoms. The Hall–Kier alpha value is -2.57. The van der Waals surface area contributed by atoms with Crippen LogP contribution in [0, 0.1) is 0 Å². The highest BCUT2D eigenvalue weighted by Gasteiger charge is 2.28. The first-order valence-electron chi connectivity index (χ1n) is 9.20. The number of carbonyl (C=O) groups is 3. The zero-order chi connectivity index (χ0) is 18.5. The second-order valence-electron chi connectivity index (χ2n) is 7.06. The summed E-state index contributed by atoms with van der Waals surface area (Å²) in [6, 6.07) is 8.30. The van der Waals surface area contributed by atoms with Gasteiger partial charge in [-0.25, -0.2) is 4.79 Å². The van der Waals surface area contributed by atoms with Crippen LogP contribution in [-0.2, 0) is 16.1 Å². The molecule has 7 heteroatoms. The number of hydrogen-bond acceptors (Lipinski definition) is 4. The molecule has 1 heterocycles. The summed E-state index contributed by atoms with van der Waals surface area (Å²) < 4.78 is 0. The van der Waals surface area contributed by atoms with Gasteiger partial charge in [-0.3, -0.25) is 14.9 Å². The Morgan fingerprint density at radius 3 is 2.50 bits per heavy atom. The quantitative estimate of drug-likeness (QED) is 0.757. The van der Waals surface area contributed by atoms with Gasteiger partial charge in [-0.15, -0.1) is 0 Å². The molecular formula is C19H26N4O3. The van der Waals surface area contributed by atoms with Crippen molar-refractivity contribution < 1.29 is 14.4 Å². The van der Waals surface area contributed by atoms with E-state index in [9.17, 15) is 14.4 Å². The van der Waals surface area contributed by atoms with E-state index in [2.05, 4.69) is 34.7 Å². The lowest BCUT2D eigenvalue weighted by Crippen LogP contribution is -2.38. The predicted molar refractivity (Wildman–Crippen MR) is 98.7 cm³/mol. The van der Waals surface area contributed by atoms with Crippen LogP contribution in [0.1, 0.15) is 37.7 Å². The molecule has 140 valence electrons. The van der Waals surface area contributed by atoms with Gasteiger partial charge in [0.05, 0.1) is 0 Å². The van der Waals surface area contributed by atoms with E-state index in [1.807, 2.05) is 12.1 Å². The van der Waals surface area contributed by atoms with Gasteiger partial charge in [0.15, 0.2) is 0 Å². The second kappa shape index (κ2) is 8.21. The summed E-state index contributed by atoms with van der Waals surface area (Å²) in [5.41, 5.74) is 2.19. The third-order valence-electron chi connectivity index (χ3n) is 5.16. The lowest BCUT2D eigenvalue weighted by Gasteiger charge is -2.33. The van der Waals surface area contributed by atoms with Crippen molar-refractivity contribution in [1.29, 1.82) is 0 Å². The Morgan fingerprint density at radius 2 is 1.88 bits per heavy atom. The maximum atomic E-state index is 12.0. The minimum Gasteiger partial charge on any atom is -0.372 e. The van der Waals surface area contributed by atoms with Crippen LogP contribution in [0.15, 0.2) is 24.3 Å². The van der Waals surface area contributed by atoms with E-state index in [1.165, 1.54) is 42.7 Å². The summed E-state index contributed by atoms with van der Waals surface area (Å²) in [6.45, 7) is 0.226. The summed E-state index contributed by atoms with van der Waals surface area (Å²) in [5, 5.41) is 4.94. The number of imide groups is 1. The van der Waals surface area contributed by atoms with Crippen molar-refractivity contribution in [3.63, 3.8) is 0 Å². The number of urea groups is 1. The maximum Gasteiger partial charge on any atom is 0.325 e. The molecule has 0 unspecified atom stereocenters. The Labute approximate surface area is 153 Å². The van der Waals surface area contributed by atoms with Gasteiger partial charge in [-0.05, 0) is 30.5 Å². The lowest BCUT2D eigenvalue weighted by molar-refractivity contribution is -0.122. The molecule has 0 bridgehead atoms. The fraction of sp³-hybridized carbons (Fsp3) is 0.526. The molecule has 0 spiro atoms. The molecule has 1 saturated heterocycles. The minimum atomic E-state index is -0.514. The topological polar surface area (TPSA) is 81.8 Å². The minimum absolute atomic E-state index is 0.0611. The number of nitrogens with one attached hydrogen (secondary N) is 2. The Bertz CT molecular complexity index is 668. The second-order valence-corrected chi connectivity index (χ2v) is 7.06. The fourth-order valence-corrected chi connectivity index (χ4v) is 3.57. The normalized spacial score (nSPS) is 18.0. The monoisotopic (exact) mass is 358 g/mol. The smallest absolute Gasteiger partial charge is 0.325 e. The molecule has 1 aliphatic heterocycles. The SMILES string of the molecule is CN(c1ccc(CNC(=O)CN2CC(=O)NC2=O)cc1)C1CCCCC1. The van der Waals surface area contributed by atoms with Crippen molar-refractivity contribution in [1.82, 2.24) is 15.5 Å². The van der Waals surface area contributed by atoms with E-state index < -0.39 is 6.03 Å². The summed E-state index contributed by atoms with van der Waals surface area (Å²) in [6.07, 6.45) is 6.46. The van der Waals surface area contributed by atoms with Crippen LogP contribution in [-0.4, -0.2) is 48.9 Å². The average molecular weight is 358 g/mol. The summed E-state index contributed by atoms with van der Waals surface area (Å²) >= 11 is 0. The van der Waals surface area contributed by atoms with Gasteiger partial charge in [0, 0.05) is 25.3 Å². The molecule has 2 N–H and O–H groups in total. The molecule has 4 amide bonds. The van der Waals surface area contributed by atoms with Gasteiger partial charge >= 0.3 is 6.03 Å². The van der Waals surface area contributed by atoms with Crippen molar-refractivity contribution >= 4 is 23.5 Å². The third-order valence-corrected chi connectivity index (χ3v) is 5.16. The number of anilines is 1. The van der Waals surface area contributed by atoms with Gasteiger partial charge in [-0.1, -0.05) is 31.4 Å². The molecule has 1 aromatic rings. The molecule has 2 aliphatic rings. The van der Waals surface area contributed by atoms with Gasteiger partial charge in [0.1, 0.15) is 13.1 Å². The van der Waals surface area contributed by atoms with Crippen molar-refractivity contribution in [3.05, 3.63) is 29.8 Å². The fourth-order valence-electron chi connectivity index (χ4n) is 3.57.